The zero-order valence-electron chi connectivity index (χ0n) is 12.0. The Balaban J connectivity index is 2.59. The number of benzene rings is 1. The van der Waals surface area contributed by atoms with Gasteiger partial charge in [-0.15, -0.1) is 0 Å². The van der Waals surface area contributed by atoms with Gasteiger partial charge in [0.1, 0.15) is 5.75 Å². The predicted molar refractivity (Wildman–Crippen MR) is 78.2 cm³/mol. The van der Waals surface area contributed by atoms with Crippen LogP contribution in [0.2, 0.25) is 0 Å². The fourth-order valence-corrected chi connectivity index (χ4v) is 2.14. The molecule has 106 valence electrons. The number of anilines is 1. The average Bonchev–Trinajstić information content (AvgIpc) is 2.38. The lowest BCUT2D eigenvalue weighted by Crippen LogP contribution is -2.23. The first-order chi connectivity index (χ1) is 9.06. The van der Waals surface area contributed by atoms with Crippen molar-refractivity contribution in [1.29, 1.82) is 0 Å². The van der Waals surface area contributed by atoms with Crippen molar-refractivity contribution in [3.05, 3.63) is 24.3 Å². The molecule has 0 aliphatic heterocycles. The van der Waals surface area contributed by atoms with Gasteiger partial charge in [-0.05, 0) is 36.9 Å². The van der Waals surface area contributed by atoms with E-state index in [0.29, 0.717) is 30.3 Å². The topological polar surface area (TPSA) is 64.3 Å². The van der Waals surface area contributed by atoms with E-state index in [9.17, 15) is 4.79 Å². The highest BCUT2D eigenvalue weighted by Gasteiger charge is 2.15. The molecule has 0 aliphatic carbocycles. The summed E-state index contributed by atoms with van der Waals surface area (Å²) in [7, 11) is 1.59. The number of ether oxygens (including phenoxy) is 1. The van der Waals surface area contributed by atoms with Crippen LogP contribution in [0.3, 0.4) is 0 Å². The van der Waals surface area contributed by atoms with Gasteiger partial charge < -0.3 is 15.8 Å². The van der Waals surface area contributed by atoms with Crippen molar-refractivity contribution in [3.8, 4) is 5.75 Å². The Hall–Kier alpha value is -1.55. The molecule has 4 heteroatoms. The molecule has 0 saturated heterocycles. The fraction of sp³-hybridized carbons (Fsp3) is 0.533. The normalized spacial score (nSPS) is 12.3. The van der Waals surface area contributed by atoms with E-state index >= 15 is 0 Å². The summed E-state index contributed by atoms with van der Waals surface area (Å²) in [6.45, 7) is 4.82. The number of nitrogens with two attached hydrogens (primary N) is 1. The van der Waals surface area contributed by atoms with E-state index in [2.05, 4.69) is 19.2 Å². The second-order valence-electron chi connectivity index (χ2n) is 5.18. The average molecular weight is 264 g/mol. The highest BCUT2D eigenvalue weighted by molar-refractivity contribution is 5.92. The molecule has 0 aromatic heterocycles. The second-order valence-corrected chi connectivity index (χ2v) is 5.18. The summed E-state index contributed by atoms with van der Waals surface area (Å²) in [5.41, 5.74) is 6.42. The van der Waals surface area contributed by atoms with Crippen molar-refractivity contribution >= 4 is 11.6 Å². The minimum Gasteiger partial charge on any atom is -0.495 e. The summed E-state index contributed by atoms with van der Waals surface area (Å²) in [4.78, 5) is 12.0. The first-order valence-electron chi connectivity index (χ1n) is 6.69. The lowest BCUT2D eigenvalue weighted by molar-refractivity contribution is -0.117. The number of nitrogens with one attached hydrogen (secondary N) is 1. The molecular formula is C15H24N2O2. The minimum absolute atomic E-state index is 0.0133. The van der Waals surface area contributed by atoms with Crippen LogP contribution in [0.5, 0.6) is 5.75 Å². The number of hydrogen-bond donors (Lipinski definition) is 2. The maximum atomic E-state index is 12.0. The van der Waals surface area contributed by atoms with Gasteiger partial charge in [-0.3, -0.25) is 4.79 Å². The van der Waals surface area contributed by atoms with Crippen molar-refractivity contribution < 1.29 is 9.53 Å². The molecule has 1 atom stereocenters. The van der Waals surface area contributed by atoms with Gasteiger partial charge in [0.15, 0.2) is 0 Å². The minimum atomic E-state index is -0.0133. The summed E-state index contributed by atoms with van der Waals surface area (Å²) < 4.78 is 5.20. The predicted octanol–water partition coefficient (Wildman–Crippen LogP) is 2.64. The van der Waals surface area contributed by atoms with Gasteiger partial charge in [0, 0.05) is 6.42 Å². The smallest absolute Gasteiger partial charge is 0.224 e. The third-order valence-corrected chi connectivity index (χ3v) is 2.99. The number of amides is 1. The molecule has 0 heterocycles. The van der Waals surface area contributed by atoms with Gasteiger partial charge in [0.2, 0.25) is 5.91 Å². The first kappa shape index (κ1) is 15.5. The molecule has 0 unspecified atom stereocenters. The van der Waals surface area contributed by atoms with Crippen molar-refractivity contribution in [1.82, 2.24) is 0 Å². The molecule has 4 nitrogen and oxygen atoms in total. The van der Waals surface area contributed by atoms with Gasteiger partial charge in [-0.2, -0.15) is 0 Å². The zero-order chi connectivity index (χ0) is 14.3. The summed E-state index contributed by atoms with van der Waals surface area (Å²) in [6, 6.07) is 7.39. The van der Waals surface area contributed by atoms with Crippen LogP contribution in [0, 0.1) is 11.8 Å². The monoisotopic (exact) mass is 264 g/mol. The van der Waals surface area contributed by atoms with Gasteiger partial charge in [0.05, 0.1) is 12.8 Å². The number of carbonyl (C=O) groups excluding carboxylic acids is 1. The lowest BCUT2D eigenvalue weighted by Gasteiger charge is -2.17. The van der Waals surface area contributed by atoms with Crippen LogP contribution in [0.4, 0.5) is 5.69 Å². The Morgan fingerprint density at radius 2 is 2.05 bits per heavy atom. The van der Waals surface area contributed by atoms with E-state index in [4.69, 9.17) is 10.5 Å². The third-order valence-electron chi connectivity index (χ3n) is 2.99. The molecule has 0 radical (unpaired) electrons. The van der Waals surface area contributed by atoms with Crippen LogP contribution in [-0.4, -0.2) is 19.6 Å². The molecule has 3 N–H and O–H groups in total. The van der Waals surface area contributed by atoms with E-state index in [1.807, 2.05) is 24.3 Å². The van der Waals surface area contributed by atoms with Crippen LogP contribution in [0.15, 0.2) is 24.3 Å². The second kappa shape index (κ2) is 7.79. The molecular weight excluding hydrogens is 240 g/mol. The van der Waals surface area contributed by atoms with Gasteiger partial charge >= 0.3 is 0 Å². The Morgan fingerprint density at radius 1 is 1.37 bits per heavy atom. The maximum Gasteiger partial charge on any atom is 0.224 e. The van der Waals surface area contributed by atoms with E-state index in [-0.39, 0.29) is 11.8 Å². The van der Waals surface area contributed by atoms with Crippen LogP contribution in [-0.2, 0) is 4.79 Å². The third kappa shape index (κ3) is 5.30. The van der Waals surface area contributed by atoms with E-state index in [1.165, 1.54) is 0 Å². The molecule has 19 heavy (non-hydrogen) atoms. The summed E-state index contributed by atoms with van der Waals surface area (Å²) in [6.07, 6.45) is 1.42. The fourth-order valence-electron chi connectivity index (χ4n) is 2.14. The molecule has 0 aliphatic rings. The van der Waals surface area contributed by atoms with Gasteiger partial charge in [-0.1, -0.05) is 26.0 Å². The zero-order valence-corrected chi connectivity index (χ0v) is 12.0. The first-order valence-corrected chi connectivity index (χ1v) is 6.69. The standard InChI is InChI=1S/C15H24N2O2/c1-11(2)8-12(10-16)9-15(18)17-13-6-4-5-7-14(13)19-3/h4-7,11-12H,8-10,16H2,1-3H3,(H,17,18)/t12-/m0/s1. The van der Waals surface area contributed by atoms with Crippen molar-refractivity contribution in [2.45, 2.75) is 26.7 Å². The Kier molecular flexibility index (Phi) is 6.36. The molecule has 1 rings (SSSR count). The molecule has 0 fully saturated rings. The van der Waals surface area contributed by atoms with Crippen molar-refractivity contribution in [3.63, 3.8) is 0 Å². The van der Waals surface area contributed by atoms with Gasteiger partial charge in [-0.25, -0.2) is 0 Å². The molecule has 1 aromatic carbocycles. The van der Waals surface area contributed by atoms with Gasteiger partial charge in [0.25, 0.3) is 0 Å². The number of methoxy groups -OCH3 is 1. The van der Waals surface area contributed by atoms with E-state index in [1.54, 1.807) is 7.11 Å². The van der Waals surface area contributed by atoms with E-state index in [0.717, 1.165) is 6.42 Å². The quantitative estimate of drug-likeness (QED) is 0.795. The summed E-state index contributed by atoms with van der Waals surface area (Å²) >= 11 is 0. The molecule has 1 aromatic rings. The summed E-state index contributed by atoms with van der Waals surface area (Å²) in [5.74, 6) is 1.44. The SMILES string of the molecule is COc1ccccc1NC(=O)C[C@@H](CN)CC(C)C. The Bertz CT molecular complexity index is 405. The number of rotatable bonds is 7. The number of hydrogen-bond acceptors (Lipinski definition) is 3. The highest BCUT2D eigenvalue weighted by atomic mass is 16.5. The van der Waals surface area contributed by atoms with Crippen LogP contribution in [0.1, 0.15) is 26.7 Å². The highest BCUT2D eigenvalue weighted by Crippen LogP contribution is 2.24. The molecule has 0 saturated carbocycles. The maximum absolute atomic E-state index is 12.0. The van der Waals surface area contributed by atoms with Crippen LogP contribution < -0.4 is 15.8 Å². The summed E-state index contributed by atoms with van der Waals surface area (Å²) in [5, 5.41) is 2.88. The Morgan fingerprint density at radius 3 is 2.63 bits per heavy atom. The Labute approximate surface area is 115 Å². The lowest BCUT2D eigenvalue weighted by atomic mass is 9.94. The van der Waals surface area contributed by atoms with Crippen molar-refractivity contribution in [2.24, 2.45) is 17.6 Å². The molecule has 0 spiro atoms. The van der Waals surface area contributed by atoms with Crippen molar-refractivity contribution in [2.75, 3.05) is 19.0 Å². The van der Waals surface area contributed by atoms with Crippen LogP contribution >= 0.6 is 0 Å². The molecule has 1 amide bonds. The molecule has 0 bridgehead atoms. The number of para-hydroxylation sites is 2. The number of carbonyl (C=O) groups is 1. The van der Waals surface area contributed by atoms with E-state index < -0.39 is 0 Å². The largest absolute Gasteiger partial charge is 0.495 e. The van der Waals surface area contributed by atoms with Crippen LogP contribution in [0.25, 0.3) is 0 Å².